The number of carbonyl (C=O) groups is 2. The fraction of sp³-hybridized carbons (Fsp3) is 0.241. The molecule has 1 atom stereocenters. The zero-order chi connectivity index (χ0) is 24.8. The van der Waals surface area contributed by atoms with E-state index in [2.05, 4.69) is 0 Å². The highest BCUT2D eigenvalue weighted by atomic mass is 16.5. The minimum absolute atomic E-state index is 0.0703. The second-order valence-electron chi connectivity index (χ2n) is 8.19. The van der Waals surface area contributed by atoms with Crippen molar-refractivity contribution in [3.63, 3.8) is 0 Å². The van der Waals surface area contributed by atoms with Gasteiger partial charge in [0.05, 0.1) is 24.8 Å². The molecule has 1 fully saturated rings. The average Bonchev–Trinajstić information content (AvgIpc) is 3.13. The summed E-state index contributed by atoms with van der Waals surface area (Å²) in [5.41, 5.74) is 2.28. The molecule has 0 aromatic heterocycles. The maximum Gasteiger partial charge on any atom is 0.295 e. The van der Waals surface area contributed by atoms with Gasteiger partial charge in [0.1, 0.15) is 17.3 Å². The molecule has 180 valence electrons. The van der Waals surface area contributed by atoms with Crippen LogP contribution in [0.25, 0.3) is 5.76 Å². The highest BCUT2D eigenvalue weighted by Gasteiger charge is 2.45. The second kappa shape index (κ2) is 10.9. The van der Waals surface area contributed by atoms with E-state index >= 15 is 0 Å². The average molecular weight is 472 g/mol. The Hall–Kier alpha value is -4.06. The van der Waals surface area contributed by atoms with Crippen LogP contribution in [-0.2, 0) is 16.0 Å². The van der Waals surface area contributed by atoms with Crippen molar-refractivity contribution in [2.75, 3.05) is 19.8 Å². The van der Waals surface area contributed by atoms with Crippen molar-refractivity contribution in [3.8, 4) is 11.5 Å². The summed E-state index contributed by atoms with van der Waals surface area (Å²) in [6.45, 7) is 5.12. The van der Waals surface area contributed by atoms with Crippen LogP contribution in [0.1, 0.15) is 36.6 Å². The van der Waals surface area contributed by atoms with Gasteiger partial charge in [0.2, 0.25) is 0 Å². The van der Waals surface area contributed by atoms with Gasteiger partial charge in [-0.25, -0.2) is 0 Å². The van der Waals surface area contributed by atoms with E-state index in [9.17, 15) is 14.7 Å². The zero-order valence-electron chi connectivity index (χ0n) is 19.9. The lowest BCUT2D eigenvalue weighted by Crippen LogP contribution is -2.31. The zero-order valence-corrected chi connectivity index (χ0v) is 19.9. The van der Waals surface area contributed by atoms with E-state index in [-0.39, 0.29) is 11.3 Å². The van der Waals surface area contributed by atoms with E-state index in [0.29, 0.717) is 43.2 Å². The smallest absolute Gasteiger partial charge is 0.295 e. The van der Waals surface area contributed by atoms with Gasteiger partial charge < -0.3 is 19.5 Å². The quantitative estimate of drug-likeness (QED) is 0.265. The molecule has 3 aromatic rings. The van der Waals surface area contributed by atoms with Crippen molar-refractivity contribution in [1.82, 2.24) is 4.90 Å². The van der Waals surface area contributed by atoms with Crippen molar-refractivity contribution in [3.05, 3.63) is 101 Å². The lowest BCUT2D eigenvalue weighted by molar-refractivity contribution is -0.139. The molecule has 35 heavy (non-hydrogen) atoms. The Labute approximate surface area is 205 Å². The molecule has 1 aliphatic rings. The number of nitrogens with zero attached hydrogens (tertiary/aromatic N) is 1. The fourth-order valence-electron chi connectivity index (χ4n) is 4.32. The summed E-state index contributed by atoms with van der Waals surface area (Å²) in [4.78, 5) is 28.0. The third kappa shape index (κ3) is 5.22. The molecule has 0 radical (unpaired) electrons. The first-order valence-electron chi connectivity index (χ1n) is 11.8. The highest BCUT2D eigenvalue weighted by Crippen LogP contribution is 2.40. The normalized spacial score (nSPS) is 17.0. The Balaban J connectivity index is 1.77. The van der Waals surface area contributed by atoms with Crippen LogP contribution in [0.4, 0.5) is 0 Å². The van der Waals surface area contributed by atoms with Crippen molar-refractivity contribution in [2.24, 2.45) is 0 Å². The summed E-state index contributed by atoms with van der Waals surface area (Å²) in [5, 5.41) is 11.3. The number of amides is 1. The number of likely N-dealkylation sites (tertiary alicyclic amines) is 1. The topological polar surface area (TPSA) is 76.1 Å². The summed E-state index contributed by atoms with van der Waals surface area (Å²) >= 11 is 0. The van der Waals surface area contributed by atoms with Gasteiger partial charge >= 0.3 is 0 Å². The minimum atomic E-state index is -0.717. The van der Waals surface area contributed by atoms with Gasteiger partial charge in [0.25, 0.3) is 11.7 Å². The second-order valence-corrected chi connectivity index (χ2v) is 8.19. The first-order valence-corrected chi connectivity index (χ1v) is 11.8. The van der Waals surface area contributed by atoms with Crippen LogP contribution in [-0.4, -0.2) is 41.5 Å². The number of ketones is 1. The third-order valence-electron chi connectivity index (χ3n) is 5.95. The molecule has 0 aliphatic carbocycles. The first-order chi connectivity index (χ1) is 17.0. The third-order valence-corrected chi connectivity index (χ3v) is 5.95. The summed E-state index contributed by atoms with van der Waals surface area (Å²) in [5.74, 6) is -0.265. The molecule has 1 amide bonds. The Morgan fingerprint density at radius 2 is 1.54 bits per heavy atom. The Kier molecular flexibility index (Phi) is 7.51. The molecule has 3 aromatic carbocycles. The molecule has 1 aliphatic heterocycles. The van der Waals surface area contributed by atoms with E-state index in [4.69, 9.17) is 9.47 Å². The highest BCUT2D eigenvalue weighted by molar-refractivity contribution is 6.46. The standard InChI is InChI=1S/C29H29NO5/c1-3-34-23-15-13-21(14-16-23)26-25(27(31)22-11-8-12-24(19-22)35-4-2)28(32)29(33)30(26)18-17-20-9-6-5-7-10-20/h5-16,19,26,31H,3-4,17-18H2,1-2H3/b27-25+. The van der Waals surface area contributed by atoms with Gasteiger partial charge in [-0.1, -0.05) is 54.6 Å². The van der Waals surface area contributed by atoms with Gasteiger partial charge in [-0.15, -0.1) is 0 Å². The number of hydrogen-bond donors (Lipinski definition) is 1. The van der Waals surface area contributed by atoms with Crippen LogP contribution in [0.15, 0.2) is 84.4 Å². The van der Waals surface area contributed by atoms with Crippen LogP contribution < -0.4 is 9.47 Å². The summed E-state index contributed by atoms with van der Waals surface area (Å²) in [6, 6.07) is 23.3. The van der Waals surface area contributed by atoms with E-state index in [1.165, 1.54) is 0 Å². The van der Waals surface area contributed by atoms with Gasteiger partial charge in [0.15, 0.2) is 0 Å². The molecule has 4 rings (SSSR count). The predicted molar refractivity (Wildman–Crippen MR) is 134 cm³/mol. The van der Waals surface area contributed by atoms with E-state index in [0.717, 1.165) is 11.1 Å². The van der Waals surface area contributed by atoms with Gasteiger partial charge in [-0.05, 0) is 55.7 Å². The van der Waals surface area contributed by atoms with Crippen LogP contribution in [0.3, 0.4) is 0 Å². The lowest BCUT2D eigenvalue weighted by Gasteiger charge is -2.25. The number of rotatable bonds is 9. The van der Waals surface area contributed by atoms with E-state index < -0.39 is 17.7 Å². The van der Waals surface area contributed by atoms with E-state index in [1.807, 2.05) is 68.4 Å². The number of benzene rings is 3. The Morgan fingerprint density at radius 3 is 2.23 bits per heavy atom. The predicted octanol–water partition coefficient (Wildman–Crippen LogP) is 5.15. The number of hydrogen-bond acceptors (Lipinski definition) is 5. The molecule has 0 spiro atoms. The van der Waals surface area contributed by atoms with Crippen LogP contribution >= 0.6 is 0 Å². The number of Topliss-reactive ketones (excluding diaryl/α,β-unsaturated/α-hetero) is 1. The maximum absolute atomic E-state index is 13.2. The van der Waals surface area contributed by atoms with Crippen LogP contribution in [0, 0.1) is 0 Å². The molecular formula is C29H29NO5. The van der Waals surface area contributed by atoms with Crippen LogP contribution in [0.5, 0.6) is 11.5 Å². The molecule has 6 nitrogen and oxygen atoms in total. The van der Waals surface area contributed by atoms with Gasteiger partial charge in [-0.2, -0.15) is 0 Å². The molecule has 1 unspecified atom stereocenters. The molecule has 0 saturated carbocycles. The molecule has 1 heterocycles. The van der Waals surface area contributed by atoms with E-state index in [1.54, 1.807) is 29.2 Å². The van der Waals surface area contributed by atoms with Crippen LogP contribution in [0.2, 0.25) is 0 Å². The monoisotopic (exact) mass is 471 g/mol. The van der Waals surface area contributed by atoms with Crippen molar-refractivity contribution in [1.29, 1.82) is 0 Å². The number of carbonyl (C=O) groups excluding carboxylic acids is 2. The van der Waals surface area contributed by atoms with Gasteiger partial charge in [0, 0.05) is 12.1 Å². The number of ether oxygens (including phenoxy) is 2. The maximum atomic E-state index is 13.2. The number of aliphatic hydroxyl groups excluding tert-OH is 1. The minimum Gasteiger partial charge on any atom is -0.507 e. The molecule has 1 N–H and O–H groups in total. The summed E-state index contributed by atoms with van der Waals surface area (Å²) in [6.07, 6.45) is 0.585. The molecular weight excluding hydrogens is 442 g/mol. The SMILES string of the molecule is CCOc1ccc(C2/C(=C(\O)c3cccc(OCC)c3)C(=O)C(=O)N2CCc2ccccc2)cc1. The summed E-state index contributed by atoms with van der Waals surface area (Å²) < 4.78 is 11.1. The molecule has 6 heteroatoms. The largest absolute Gasteiger partial charge is 0.507 e. The molecule has 0 bridgehead atoms. The molecule has 1 saturated heterocycles. The number of aliphatic hydroxyl groups is 1. The Bertz CT molecular complexity index is 1220. The van der Waals surface area contributed by atoms with Crippen molar-refractivity contribution in [2.45, 2.75) is 26.3 Å². The lowest BCUT2D eigenvalue weighted by atomic mass is 9.95. The van der Waals surface area contributed by atoms with Gasteiger partial charge in [-0.3, -0.25) is 9.59 Å². The summed E-state index contributed by atoms with van der Waals surface area (Å²) in [7, 11) is 0. The first kappa shape index (κ1) is 24.1. The van der Waals surface area contributed by atoms with Crippen molar-refractivity contribution >= 4 is 17.4 Å². The Morgan fingerprint density at radius 1 is 0.857 bits per heavy atom. The fourth-order valence-corrected chi connectivity index (χ4v) is 4.32. The van der Waals surface area contributed by atoms with Crippen molar-refractivity contribution < 1.29 is 24.2 Å².